The predicted octanol–water partition coefficient (Wildman–Crippen LogP) is 14.3. The van der Waals surface area contributed by atoms with Crippen LogP contribution in [0.15, 0.2) is 54.9 Å². The van der Waals surface area contributed by atoms with Gasteiger partial charge in [-0.1, -0.05) is 127 Å². The topological polar surface area (TPSA) is 20.9 Å². The molecule has 0 bridgehead atoms. The van der Waals surface area contributed by atoms with Crippen LogP contribution in [-0.2, 0) is 6.54 Å². The molecule has 1 aromatic heterocycles. The zero-order valence-electron chi connectivity index (χ0n) is 40.7. The molecule has 0 saturated carbocycles. The molecule has 5 aromatic carbocycles. The summed E-state index contributed by atoms with van der Waals surface area (Å²) in [5.74, 6) is -71.1. The van der Waals surface area contributed by atoms with Crippen LogP contribution in [0, 0.1) is 116 Å². The first-order valence-electron chi connectivity index (χ1n) is 24.3. The third-order valence-electron chi connectivity index (χ3n) is 13.1. The zero-order chi connectivity index (χ0) is 57.1. The number of pyridine rings is 1. The summed E-state index contributed by atoms with van der Waals surface area (Å²) < 4.78 is 296. The average molecular weight is 1120 g/mol. The van der Waals surface area contributed by atoms with Crippen molar-refractivity contribution in [2.24, 2.45) is 0 Å². The van der Waals surface area contributed by atoms with E-state index in [1.54, 1.807) is 0 Å². The number of rotatable bonds is 23. The number of hydrogen-bond acceptors (Lipinski definition) is 1. The van der Waals surface area contributed by atoms with Crippen molar-refractivity contribution in [2.45, 2.75) is 116 Å². The Balaban J connectivity index is 0.000000301. The fourth-order valence-electron chi connectivity index (χ4n) is 9.22. The summed E-state index contributed by atoms with van der Waals surface area (Å²) in [6.45, 7) is 3.13. The molecule has 2 nitrogen and oxygen atoms in total. The zero-order valence-corrected chi connectivity index (χ0v) is 40.7. The first-order valence-corrected chi connectivity index (χ1v) is 24.3. The maximum absolute atomic E-state index is 15.4. The number of nitrogens with zero attached hydrogens (tertiary/aromatic N) is 1. The maximum atomic E-state index is 15.4. The highest BCUT2D eigenvalue weighted by Gasteiger charge is 2.52. The number of unbranched alkanes of at least 4 members (excludes halogenated alkanes) is 14. The van der Waals surface area contributed by atoms with Gasteiger partial charge in [0.05, 0.1) is 0 Å². The van der Waals surface area contributed by atoms with Crippen LogP contribution in [0.2, 0.25) is 0 Å². The van der Waals surface area contributed by atoms with Crippen LogP contribution in [0.4, 0.5) is 87.8 Å². The molecule has 0 unspecified atom stereocenters. The lowest BCUT2D eigenvalue weighted by Crippen LogP contribution is -2.81. The molecule has 0 fully saturated rings. The molecule has 6 rings (SSSR count). The van der Waals surface area contributed by atoms with E-state index in [1.807, 2.05) is 30.6 Å². The molecule has 0 aliphatic heterocycles. The molecule has 0 aliphatic carbocycles. The average Bonchev–Trinajstić information content (AvgIpc) is 3.62. The standard InChI is InChI=1S/C30H46NO.C24BF20/c1-2-3-4-5-6-7-8-9-10-11-12-13-14-15-19-22-30(32)29-23-25-31(26-24-29)27-28-20-17-16-18-21-28;26-5-1(6(27)14(35)21(42)13(5)34)25(2-7(28)15(36)22(43)16(37)8(2)29,3-9(30)17(38)23(44)18(39)10(3)31)4-11(32)19(40)24(45)20(41)12(4)33/h16-18,20-21,23-26H,2-15,19,22,27H2,1H3;/q+1;-1. The van der Waals surface area contributed by atoms with Gasteiger partial charge in [0.1, 0.15) is 52.7 Å². The second-order valence-electron chi connectivity index (χ2n) is 18.2. The molecular weight excluding hydrogens is 1070 g/mol. The second-order valence-corrected chi connectivity index (χ2v) is 18.2. The van der Waals surface area contributed by atoms with Crippen LogP contribution < -0.4 is 26.4 Å². The van der Waals surface area contributed by atoms with Gasteiger partial charge in [0.15, 0.2) is 94.5 Å². The van der Waals surface area contributed by atoms with Crippen molar-refractivity contribution in [1.82, 2.24) is 0 Å². The van der Waals surface area contributed by atoms with Gasteiger partial charge < -0.3 is 0 Å². The van der Waals surface area contributed by atoms with Gasteiger partial charge in [-0.2, -0.15) is 0 Å². The van der Waals surface area contributed by atoms with Crippen LogP contribution in [0.1, 0.15) is 126 Å². The summed E-state index contributed by atoms with van der Waals surface area (Å²) >= 11 is 0. The van der Waals surface area contributed by atoms with Gasteiger partial charge in [-0.05, 0) is 6.42 Å². The Bertz CT molecular complexity index is 2660. The van der Waals surface area contributed by atoms with E-state index in [-0.39, 0.29) is 5.78 Å². The summed E-state index contributed by atoms with van der Waals surface area (Å²) in [7, 11) is 0. The van der Waals surface area contributed by atoms with E-state index >= 15 is 35.1 Å². The van der Waals surface area contributed by atoms with Gasteiger partial charge in [0.25, 0.3) is 0 Å². The fourth-order valence-corrected chi connectivity index (χ4v) is 9.22. The predicted molar refractivity (Wildman–Crippen MR) is 245 cm³/mol. The molecule has 6 aromatic rings. The van der Waals surface area contributed by atoms with Crippen molar-refractivity contribution >= 4 is 33.8 Å². The number of benzene rings is 5. The summed E-state index contributed by atoms with van der Waals surface area (Å²) in [5, 5.41) is 0. The number of hydrogen-bond donors (Lipinski definition) is 0. The highest BCUT2D eigenvalue weighted by Crippen LogP contribution is 2.31. The number of Topliss-reactive ketones (excluding diaryl/α,β-unsaturated/α-hetero) is 1. The third-order valence-corrected chi connectivity index (χ3v) is 13.1. The first-order chi connectivity index (χ1) is 36.5. The second kappa shape index (κ2) is 27.3. The maximum Gasteiger partial charge on any atom is 0.200 e. The Morgan fingerprint density at radius 2 is 0.584 bits per heavy atom. The molecule has 0 spiro atoms. The van der Waals surface area contributed by atoms with Gasteiger partial charge >= 0.3 is 0 Å². The molecule has 0 aliphatic rings. The quantitative estimate of drug-likeness (QED) is 0.0119. The minimum Gasteiger partial charge on any atom is -0.294 e. The Labute approximate surface area is 428 Å². The summed E-state index contributed by atoms with van der Waals surface area (Å²) in [6, 6.07) is 14.3. The summed E-state index contributed by atoms with van der Waals surface area (Å²) in [4.78, 5) is 12.4. The normalized spacial score (nSPS) is 11.6. The van der Waals surface area contributed by atoms with Crippen molar-refractivity contribution in [2.75, 3.05) is 0 Å². The molecular formula is C54H46BF20NO. The number of carbonyl (C=O) groups is 1. The molecule has 23 heteroatoms. The van der Waals surface area contributed by atoms with E-state index in [2.05, 4.69) is 35.8 Å². The van der Waals surface area contributed by atoms with Gasteiger partial charge in [-0.3, -0.25) is 4.79 Å². The van der Waals surface area contributed by atoms with Gasteiger partial charge in [-0.15, -0.1) is 21.9 Å². The number of aromatic nitrogens is 1. The molecule has 1 heterocycles. The van der Waals surface area contributed by atoms with E-state index in [0.717, 1.165) is 18.5 Å². The summed E-state index contributed by atoms with van der Waals surface area (Å²) in [6.07, 6.45) is 17.8. The Kier molecular flexibility index (Phi) is 21.7. The number of halogens is 20. The van der Waals surface area contributed by atoms with Crippen molar-refractivity contribution < 1.29 is 97.2 Å². The van der Waals surface area contributed by atoms with Crippen LogP contribution in [0.25, 0.3) is 0 Å². The molecule has 0 radical (unpaired) electrons. The smallest absolute Gasteiger partial charge is 0.200 e. The van der Waals surface area contributed by atoms with E-state index in [9.17, 15) is 57.5 Å². The molecule has 77 heavy (non-hydrogen) atoms. The monoisotopic (exact) mass is 1120 g/mol. The van der Waals surface area contributed by atoms with Crippen molar-refractivity contribution in [3.05, 3.63) is 182 Å². The van der Waals surface area contributed by atoms with E-state index < -0.39 is 144 Å². The van der Waals surface area contributed by atoms with Crippen LogP contribution in [0.5, 0.6) is 0 Å². The minimum atomic E-state index is -7.22. The van der Waals surface area contributed by atoms with Gasteiger partial charge in [-0.25, -0.2) is 92.4 Å². The highest BCUT2D eigenvalue weighted by atomic mass is 19.2. The number of ketones is 1. The van der Waals surface area contributed by atoms with Gasteiger partial charge in [0, 0.05) is 29.7 Å². The molecule has 0 amide bonds. The lowest BCUT2D eigenvalue weighted by molar-refractivity contribution is -0.688. The lowest BCUT2D eigenvalue weighted by atomic mass is 9.12. The van der Waals surface area contributed by atoms with Crippen molar-refractivity contribution in [3.63, 3.8) is 0 Å². The van der Waals surface area contributed by atoms with E-state index in [0.29, 0.717) is 6.42 Å². The fraction of sp³-hybridized carbons (Fsp3) is 0.333. The van der Waals surface area contributed by atoms with Crippen LogP contribution >= 0.6 is 0 Å². The molecule has 0 atom stereocenters. The van der Waals surface area contributed by atoms with E-state index in [1.165, 1.54) is 95.5 Å². The first kappa shape index (κ1) is 61.4. The van der Waals surface area contributed by atoms with E-state index in [4.69, 9.17) is 0 Å². The minimum absolute atomic E-state index is 0.284. The molecule has 0 N–H and O–H groups in total. The Hall–Kier alpha value is -6.42. The molecule has 416 valence electrons. The van der Waals surface area contributed by atoms with Crippen molar-refractivity contribution in [1.29, 1.82) is 0 Å². The SMILES string of the molecule is CCCCCCCCCCCCCCCCCC(=O)c1cc[n+](Cc2ccccc2)cc1.Fc1c(F)c(F)c([B-](c2c(F)c(F)c(F)c(F)c2F)(c2c(F)c(F)c(F)c(F)c2F)c2c(F)c(F)c(F)c(F)c2F)c(F)c1F. The lowest BCUT2D eigenvalue weighted by Gasteiger charge is -2.44. The highest BCUT2D eigenvalue weighted by molar-refractivity contribution is 7.20. The Morgan fingerprint density at radius 3 is 0.857 bits per heavy atom. The third kappa shape index (κ3) is 13.0. The Morgan fingerprint density at radius 1 is 0.338 bits per heavy atom. The number of carbonyl (C=O) groups excluding carboxylic acids is 1. The van der Waals surface area contributed by atoms with Crippen LogP contribution in [-0.4, -0.2) is 11.9 Å². The summed E-state index contributed by atoms with van der Waals surface area (Å²) in [5.41, 5.74) is -12.2. The molecule has 0 saturated heterocycles. The van der Waals surface area contributed by atoms with Gasteiger partial charge in [0.2, 0.25) is 0 Å². The largest absolute Gasteiger partial charge is 0.294 e. The van der Waals surface area contributed by atoms with Crippen LogP contribution in [0.3, 0.4) is 0 Å². The van der Waals surface area contributed by atoms with Crippen molar-refractivity contribution in [3.8, 4) is 0 Å².